The first-order chi connectivity index (χ1) is 12.1. The molecule has 0 radical (unpaired) electrons. The molecule has 0 bridgehead atoms. The molecule has 0 saturated heterocycles. The summed E-state index contributed by atoms with van der Waals surface area (Å²) in [6.07, 6.45) is 0. The summed E-state index contributed by atoms with van der Waals surface area (Å²) in [5, 5.41) is 5.83. The second kappa shape index (κ2) is 8.68. The number of amides is 1. The van der Waals surface area contributed by atoms with E-state index < -0.39 is 0 Å². The van der Waals surface area contributed by atoms with Gasteiger partial charge in [-0.1, -0.05) is 0 Å². The maximum Gasteiger partial charge on any atom is 0.243 e. The number of methoxy groups -OCH3 is 4. The van der Waals surface area contributed by atoms with E-state index in [0.717, 1.165) is 0 Å². The summed E-state index contributed by atoms with van der Waals surface area (Å²) < 4.78 is 20.8. The van der Waals surface area contributed by atoms with Gasteiger partial charge in [-0.3, -0.25) is 4.79 Å². The van der Waals surface area contributed by atoms with Gasteiger partial charge in [0.1, 0.15) is 23.0 Å². The molecule has 0 fully saturated rings. The third-order valence-corrected chi connectivity index (χ3v) is 3.53. The second-order valence-electron chi connectivity index (χ2n) is 5.03. The first-order valence-electron chi connectivity index (χ1n) is 7.59. The molecule has 2 rings (SSSR count). The van der Waals surface area contributed by atoms with Crippen LogP contribution in [-0.4, -0.2) is 40.9 Å². The zero-order valence-corrected chi connectivity index (χ0v) is 14.7. The Bertz CT molecular complexity index is 733. The average Bonchev–Trinajstić information content (AvgIpc) is 2.66. The molecule has 0 atom stereocenters. The molecular weight excluding hydrogens is 324 g/mol. The Balaban J connectivity index is 2.02. The summed E-state index contributed by atoms with van der Waals surface area (Å²) in [5.74, 6) is 2.22. The first kappa shape index (κ1) is 18.3. The molecule has 2 aromatic rings. The van der Waals surface area contributed by atoms with Gasteiger partial charge in [0.15, 0.2) is 0 Å². The third kappa shape index (κ3) is 4.69. The van der Waals surface area contributed by atoms with Crippen LogP contribution in [0, 0.1) is 0 Å². The molecule has 0 saturated carbocycles. The van der Waals surface area contributed by atoms with E-state index in [-0.39, 0.29) is 12.5 Å². The van der Waals surface area contributed by atoms with Crippen molar-refractivity contribution in [1.29, 1.82) is 0 Å². The fourth-order valence-corrected chi connectivity index (χ4v) is 2.22. The standard InChI is InChI=1S/C18H22N2O5/c1-22-12-5-7-14(16(9-12)24-3)19-11-18(21)20-15-8-6-13(23-2)10-17(15)25-4/h5-10,19H,11H2,1-4H3,(H,20,21). The topological polar surface area (TPSA) is 78.1 Å². The number of ether oxygens (including phenoxy) is 4. The average molecular weight is 346 g/mol. The summed E-state index contributed by atoms with van der Waals surface area (Å²) in [5.41, 5.74) is 1.26. The molecule has 7 heteroatoms. The van der Waals surface area contributed by atoms with Crippen molar-refractivity contribution in [1.82, 2.24) is 0 Å². The van der Waals surface area contributed by atoms with Crippen LogP contribution < -0.4 is 29.6 Å². The van der Waals surface area contributed by atoms with E-state index in [1.165, 1.54) is 7.11 Å². The molecule has 0 aliphatic rings. The lowest BCUT2D eigenvalue weighted by atomic mass is 10.2. The maximum absolute atomic E-state index is 12.2. The fraction of sp³-hybridized carbons (Fsp3) is 0.278. The Morgan fingerprint density at radius 2 is 1.32 bits per heavy atom. The summed E-state index contributed by atoms with van der Waals surface area (Å²) >= 11 is 0. The van der Waals surface area contributed by atoms with Crippen LogP contribution in [0.2, 0.25) is 0 Å². The number of carbonyl (C=O) groups excluding carboxylic acids is 1. The van der Waals surface area contributed by atoms with Gasteiger partial charge in [-0.25, -0.2) is 0 Å². The zero-order chi connectivity index (χ0) is 18.2. The highest BCUT2D eigenvalue weighted by Gasteiger charge is 2.10. The van der Waals surface area contributed by atoms with Crippen molar-refractivity contribution in [3.8, 4) is 23.0 Å². The summed E-state index contributed by atoms with van der Waals surface area (Å²) in [6, 6.07) is 10.5. The first-order valence-corrected chi connectivity index (χ1v) is 7.59. The van der Waals surface area contributed by atoms with Gasteiger partial charge in [0, 0.05) is 12.1 Å². The predicted octanol–water partition coefficient (Wildman–Crippen LogP) is 2.77. The van der Waals surface area contributed by atoms with E-state index in [0.29, 0.717) is 34.4 Å². The predicted molar refractivity (Wildman–Crippen MR) is 96.2 cm³/mol. The van der Waals surface area contributed by atoms with Gasteiger partial charge in [-0.15, -0.1) is 0 Å². The van der Waals surface area contributed by atoms with Crippen LogP contribution in [-0.2, 0) is 4.79 Å². The number of nitrogens with one attached hydrogen (secondary N) is 2. The molecule has 0 spiro atoms. The molecule has 0 aliphatic carbocycles. The van der Waals surface area contributed by atoms with Crippen LogP contribution in [0.4, 0.5) is 11.4 Å². The van der Waals surface area contributed by atoms with Gasteiger partial charge in [-0.05, 0) is 24.3 Å². The van der Waals surface area contributed by atoms with Crippen molar-refractivity contribution in [3.05, 3.63) is 36.4 Å². The minimum atomic E-state index is -0.221. The number of hydrogen-bond acceptors (Lipinski definition) is 6. The van der Waals surface area contributed by atoms with Crippen molar-refractivity contribution < 1.29 is 23.7 Å². The van der Waals surface area contributed by atoms with Crippen LogP contribution in [0.3, 0.4) is 0 Å². The monoisotopic (exact) mass is 346 g/mol. The zero-order valence-electron chi connectivity index (χ0n) is 14.7. The van der Waals surface area contributed by atoms with Crippen molar-refractivity contribution >= 4 is 17.3 Å². The Morgan fingerprint density at radius 3 is 1.84 bits per heavy atom. The number of benzene rings is 2. The molecule has 0 aliphatic heterocycles. The lowest BCUT2D eigenvalue weighted by Crippen LogP contribution is -2.22. The molecule has 2 aromatic carbocycles. The van der Waals surface area contributed by atoms with Crippen molar-refractivity contribution in [2.75, 3.05) is 45.6 Å². The Labute approximate surface area is 146 Å². The van der Waals surface area contributed by atoms with Gasteiger partial charge >= 0.3 is 0 Å². The molecular formula is C18H22N2O5. The largest absolute Gasteiger partial charge is 0.497 e. The summed E-state index contributed by atoms with van der Waals surface area (Å²) in [7, 11) is 6.24. The number of anilines is 2. The molecule has 25 heavy (non-hydrogen) atoms. The fourth-order valence-electron chi connectivity index (χ4n) is 2.22. The van der Waals surface area contributed by atoms with E-state index in [1.54, 1.807) is 57.7 Å². The summed E-state index contributed by atoms with van der Waals surface area (Å²) in [4.78, 5) is 12.2. The van der Waals surface area contributed by atoms with E-state index in [2.05, 4.69) is 10.6 Å². The molecule has 0 unspecified atom stereocenters. The van der Waals surface area contributed by atoms with Crippen LogP contribution in [0.5, 0.6) is 23.0 Å². The number of carbonyl (C=O) groups is 1. The Hall–Kier alpha value is -3.09. The Morgan fingerprint density at radius 1 is 0.800 bits per heavy atom. The van der Waals surface area contributed by atoms with Crippen LogP contribution >= 0.6 is 0 Å². The van der Waals surface area contributed by atoms with Gasteiger partial charge in [0.05, 0.1) is 46.4 Å². The van der Waals surface area contributed by atoms with Crippen molar-refractivity contribution in [3.63, 3.8) is 0 Å². The number of hydrogen-bond donors (Lipinski definition) is 2. The smallest absolute Gasteiger partial charge is 0.243 e. The minimum Gasteiger partial charge on any atom is -0.497 e. The Kier molecular flexibility index (Phi) is 6.33. The van der Waals surface area contributed by atoms with E-state index in [1.807, 2.05) is 0 Å². The highest BCUT2D eigenvalue weighted by atomic mass is 16.5. The van der Waals surface area contributed by atoms with Gasteiger partial charge in [0.25, 0.3) is 0 Å². The van der Waals surface area contributed by atoms with Crippen molar-refractivity contribution in [2.24, 2.45) is 0 Å². The maximum atomic E-state index is 12.2. The van der Waals surface area contributed by atoms with Crippen molar-refractivity contribution in [2.45, 2.75) is 0 Å². The van der Waals surface area contributed by atoms with E-state index >= 15 is 0 Å². The molecule has 1 amide bonds. The molecule has 0 heterocycles. The highest BCUT2D eigenvalue weighted by Crippen LogP contribution is 2.30. The van der Waals surface area contributed by atoms with E-state index in [9.17, 15) is 4.79 Å². The molecule has 0 aromatic heterocycles. The lowest BCUT2D eigenvalue weighted by molar-refractivity contribution is -0.114. The third-order valence-electron chi connectivity index (χ3n) is 3.53. The lowest BCUT2D eigenvalue weighted by Gasteiger charge is -2.14. The highest BCUT2D eigenvalue weighted by molar-refractivity contribution is 5.95. The van der Waals surface area contributed by atoms with Gasteiger partial charge in [0.2, 0.25) is 5.91 Å². The molecule has 2 N–H and O–H groups in total. The van der Waals surface area contributed by atoms with Gasteiger partial charge in [-0.2, -0.15) is 0 Å². The minimum absolute atomic E-state index is 0.0673. The molecule has 7 nitrogen and oxygen atoms in total. The normalized spacial score (nSPS) is 9.92. The quantitative estimate of drug-likeness (QED) is 0.765. The van der Waals surface area contributed by atoms with Crippen LogP contribution in [0.1, 0.15) is 0 Å². The SMILES string of the molecule is COc1ccc(NCC(=O)Nc2ccc(OC)cc2OC)c(OC)c1. The van der Waals surface area contributed by atoms with Gasteiger partial charge < -0.3 is 29.6 Å². The van der Waals surface area contributed by atoms with Crippen LogP contribution in [0.15, 0.2) is 36.4 Å². The van der Waals surface area contributed by atoms with E-state index in [4.69, 9.17) is 18.9 Å². The van der Waals surface area contributed by atoms with Crippen LogP contribution in [0.25, 0.3) is 0 Å². The second-order valence-corrected chi connectivity index (χ2v) is 5.03. The summed E-state index contributed by atoms with van der Waals surface area (Å²) in [6.45, 7) is 0.0673. The number of rotatable bonds is 8. The molecule has 134 valence electrons.